The first kappa shape index (κ1) is 21.4. The second-order valence-corrected chi connectivity index (χ2v) is 7.59. The van der Waals surface area contributed by atoms with Crippen LogP contribution in [0.3, 0.4) is 0 Å². The molecule has 0 bridgehead atoms. The van der Waals surface area contributed by atoms with E-state index in [9.17, 15) is 4.79 Å². The number of thiazole rings is 1. The van der Waals surface area contributed by atoms with Crippen LogP contribution in [0.4, 0.5) is 0 Å². The van der Waals surface area contributed by atoms with Gasteiger partial charge in [0.2, 0.25) is 10.7 Å². The quantitative estimate of drug-likeness (QED) is 0.427. The summed E-state index contributed by atoms with van der Waals surface area (Å²) in [4.78, 5) is 17.8. The van der Waals surface area contributed by atoms with Gasteiger partial charge in [0.05, 0.1) is 33.0 Å². The fraction of sp³-hybridized carbons (Fsp3) is 0.174. The van der Waals surface area contributed by atoms with E-state index in [1.807, 2.05) is 36.4 Å². The average Bonchev–Trinajstić information content (AvgIpc) is 3.37. The fourth-order valence-electron chi connectivity index (χ4n) is 3.22. The van der Waals surface area contributed by atoms with Crippen molar-refractivity contribution in [3.8, 4) is 34.4 Å². The maximum absolute atomic E-state index is 12.8. The maximum Gasteiger partial charge on any atom is 0.291 e. The summed E-state index contributed by atoms with van der Waals surface area (Å²) in [6.45, 7) is 0. The topological polar surface area (TPSA) is 84.2 Å². The van der Waals surface area contributed by atoms with E-state index in [0.717, 1.165) is 11.3 Å². The molecule has 9 heteroatoms. The summed E-state index contributed by atoms with van der Waals surface area (Å²) in [6, 6.07) is 11.1. The number of allylic oxidation sites excluding steroid dienone is 1. The molecule has 0 spiro atoms. The molecular weight excluding hydrogens is 430 g/mol. The third-order valence-corrected chi connectivity index (χ3v) is 5.74. The zero-order valence-corrected chi connectivity index (χ0v) is 18.8. The van der Waals surface area contributed by atoms with Gasteiger partial charge in [-0.15, -0.1) is 5.10 Å². The predicted octanol–water partition coefficient (Wildman–Crippen LogP) is 3.07. The van der Waals surface area contributed by atoms with Crippen molar-refractivity contribution in [2.45, 2.75) is 0 Å². The summed E-state index contributed by atoms with van der Waals surface area (Å²) in [5, 5.41) is 4.39. The van der Waals surface area contributed by atoms with Crippen molar-refractivity contribution in [1.82, 2.24) is 14.6 Å². The Balaban J connectivity index is 1.70. The van der Waals surface area contributed by atoms with E-state index < -0.39 is 0 Å². The van der Waals surface area contributed by atoms with Gasteiger partial charge < -0.3 is 18.9 Å². The molecule has 0 aliphatic carbocycles. The minimum Gasteiger partial charge on any atom is -0.496 e. The molecule has 0 unspecified atom stereocenters. The van der Waals surface area contributed by atoms with Crippen LogP contribution < -0.4 is 29.0 Å². The smallest absolute Gasteiger partial charge is 0.291 e. The summed E-state index contributed by atoms with van der Waals surface area (Å²) in [5.74, 6) is 2.60. The van der Waals surface area contributed by atoms with Crippen molar-refractivity contribution in [2.75, 3.05) is 28.4 Å². The summed E-state index contributed by atoms with van der Waals surface area (Å²) >= 11 is 1.26. The zero-order chi connectivity index (χ0) is 22.7. The van der Waals surface area contributed by atoms with Crippen LogP contribution in [0.2, 0.25) is 0 Å². The van der Waals surface area contributed by atoms with Crippen LogP contribution in [0, 0.1) is 0 Å². The molecule has 0 saturated carbocycles. The molecule has 8 nitrogen and oxygen atoms in total. The van der Waals surface area contributed by atoms with Crippen molar-refractivity contribution in [3.63, 3.8) is 0 Å². The number of fused-ring (bicyclic) bond motifs is 1. The molecular formula is C23H21N3O5S. The molecule has 0 amide bonds. The monoisotopic (exact) mass is 451 g/mol. The van der Waals surface area contributed by atoms with Crippen molar-refractivity contribution < 1.29 is 18.9 Å². The lowest BCUT2D eigenvalue weighted by Gasteiger charge is -2.12. The summed E-state index contributed by atoms with van der Waals surface area (Å²) < 4.78 is 23.3. The van der Waals surface area contributed by atoms with Gasteiger partial charge >= 0.3 is 0 Å². The van der Waals surface area contributed by atoms with Crippen LogP contribution in [0.15, 0.2) is 47.3 Å². The molecule has 0 fully saturated rings. The molecule has 0 saturated heterocycles. The molecule has 0 aliphatic rings. The van der Waals surface area contributed by atoms with Gasteiger partial charge in [-0.3, -0.25) is 4.79 Å². The van der Waals surface area contributed by atoms with Crippen LogP contribution in [-0.2, 0) is 0 Å². The van der Waals surface area contributed by atoms with E-state index in [0.29, 0.717) is 38.1 Å². The molecule has 32 heavy (non-hydrogen) atoms. The third-order valence-electron chi connectivity index (χ3n) is 4.77. The Labute approximate surface area is 188 Å². The van der Waals surface area contributed by atoms with Crippen LogP contribution in [-0.4, -0.2) is 43.0 Å². The number of methoxy groups -OCH3 is 4. The highest BCUT2D eigenvalue weighted by molar-refractivity contribution is 7.15. The molecule has 2 heterocycles. The fourth-order valence-corrected chi connectivity index (χ4v) is 4.08. The summed E-state index contributed by atoms with van der Waals surface area (Å²) in [5.41, 5.74) is 1.33. The first-order valence-electron chi connectivity index (χ1n) is 9.61. The second kappa shape index (κ2) is 9.11. The van der Waals surface area contributed by atoms with Gasteiger partial charge in [0.15, 0.2) is 17.3 Å². The van der Waals surface area contributed by atoms with Gasteiger partial charge in [-0.2, -0.15) is 9.50 Å². The van der Waals surface area contributed by atoms with Crippen LogP contribution in [0.5, 0.6) is 23.0 Å². The molecule has 2 aromatic heterocycles. The van der Waals surface area contributed by atoms with Gasteiger partial charge in [-0.25, -0.2) is 0 Å². The molecule has 2 aromatic carbocycles. The van der Waals surface area contributed by atoms with Gasteiger partial charge in [-0.1, -0.05) is 41.7 Å². The van der Waals surface area contributed by atoms with Crippen molar-refractivity contribution in [3.05, 3.63) is 62.9 Å². The number of hydrogen-bond acceptors (Lipinski definition) is 8. The molecule has 4 aromatic rings. The summed E-state index contributed by atoms with van der Waals surface area (Å²) in [6.07, 6.45) is 5.44. The first-order valence-corrected chi connectivity index (χ1v) is 10.4. The largest absolute Gasteiger partial charge is 0.496 e. The van der Waals surface area contributed by atoms with Crippen molar-refractivity contribution >= 4 is 28.4 Å². The van der Waals surface area contributed by atoms with Crippen molar-refractivity contribution in [2.24, 2.45) is 0 Å². The van der Waals surface area contributed by atoms with E-state index in [-0.39, 0.29) is 5.56 Å². The standard InChI is InChI=1S/C23H21N3O5S/c1-28-16-10-6-5-8-14(16)9-7-11-19-22(27)26-23(32-19)24-21(25-26)15-12-17(29-2)20(31-4)18(13-15)30-3/h5-13H,1-4H3/b9-7-,19-11-. The highest BCUT2D eigenvalue weighted by atomic mass is 32.1. The Hall–Kier alpha value is -3.85. The van der Waals surface area contributed by atoms with Gasteiger partial charge in [0, 0.05) is 11.1 Å². The molecule has 4 rings (SSSR count). The number of benzene rings is 2. The van der Waals surface area contributed by atoms with Gasteiger partial charge in [-0.05, 0) is 24.3 Å². The Kier molecular flexibility index (Phi) is 6.09. The lowest BCUT2D eigenvalue weighted by atomic mass is 10.1. The number of rotatable bonds is 7. The molecule has 164 valence electrons. The normalized spacial score (nSPS) is 11.9. The SMILES string of the molecule is COc1ccccc1/C=C\C=c1/sc2nc(-c3cc(OC)c(OC)c(OC)c3)nn2c1=O. The highest BCUT2D eigenvalue weighted by Gasteiger charge is 2.18. The van der Waals surface area contributed by atoms with Gasteiger partial charge in [0.25, 0.3) is 5.56 Å². The molecule has 0 atom stereocenters. The molecule has 0 aliphatic heterocycles. The van der Waals surface area contributed by atoms with Crippen LogP contribution in [0.1, 0.15) is 5.56 Å². The highest BCUT2D eigenvalue weighted by Crippen LogP contribution is 2.40. The Morgan fingerprint density at radius 3 is 2.25 bits per heavy atom. The summed E-state index contributed by atoms with van der Waals surface area (Å²) in [7, 11) is 6.24. The van der Waals surface area contributed by atoms with Crippen LogP contribution in [0.25, 0.3) is 28.5 Å². The van der Waals surface area contributed by atoms with Crippen LogP contribution >= 0.6 is 11.3 Å². The zero-order valence-electron chi connectivity index (χ0n) is 18.0. The number of hydrogen-bond donors (Lipinski definition) is 0. The van der Waals surface area contributed by atoms with E-state index in [4.69, 9.17) is 18.9 Å². The maximum atomic E-state index is 12.8. The number of nitrogens with zero attached hydrogens (tertiary/aromatic N) is 3. The Morgan fingerprint density at radius 2 is 1.62 bits per heavy atom. The average molecular weight is 452 g/mol. The Bertz CT molecular complexity index is 1380. The number of ether oxygens (including phenoxy) is 4. The minimum absolute atomic E-state index is 0.235. The molecule has 0 radical (unpaired) electrons. The number of aromatic nitrogens is 3. The first-order chi connectivity index (χ1) is 15.6. The van der Waals surface area contributed by atoms with E-state index in [2.05, 4.69) is 10.1 Å². The lowest BCUT2D eigenvalue weighted by molar-refractivity contribution is 0.324. The van der Waals surface area contributed by atoms with E-state index >= 15 is 0 Å². The molecule has 0 N–H and O–H groups in total. The lowest BCUT2D eigenvalue weighted by Crippen LogP contribution is -2.23. The van der Waals surface area contributed by atoms with E-state index in [1.165, 1.54) is 37.2 Å². The third kappa shape index (κ3) is 3.90. The predicted molar refractivity (Wildman–Crippen MR) is 124 cm³/mol. The Morgan fingerprint density at radius 1 is 0.938 bits per heavy atom. The van der Waals surface area contributed by atoms with E-state index in [1.54, 1.807) is 25.3 Å². The second-order valence-electron chi connectivity index (χ2n) is 6.58. The minimum atomic E-state index is -0.235. The number of para-hydroxylation sites is 1. The van der Waals surface area contributed by atoms with Gasteiger partial charge in [0.1, 0.15) is 5.75 Å². The van der Waals surface area contributed by atoms with Crippen molar-refractivity contribution in [1.29, 1.82) is 0 Å².